The van der Waals surface area contributed by atoms with E-state index in [1.165, 1.54) is 0 Å². The third kappa shape index (κ3) is 3.97. The van der Waals surface area contributed by atoms with Crippen molar-refractivity contribution >= 4 is 28.5 Å². The number of amides is 1. The summed E-state index contributed by atoms with van der Waals surface area (Å²) < 4.78 is 0. The molecule has 0 unspecified atom stereocenters. The van der Waals surface area contributed by atoms with E-state index >= 15 is 0 Å². The zero-order valence-electron chi connectivity index (χ0n) is 14.3. The van der Waals surface area contributed by atoms with Gasteiger partial charge in [0.2, 0.25) is 0 Å². The molecule has 0 atom stereocenters. The lowest BCUT2D eigenvalue weighted by Crippen LogP contribution is -2.22. The van der Waals surface area contributed by atoms with Gasteiger partial charge in [0.1, 0.15) is 0 Å². The topological polar surface area (TPSA) is 54.9 Å². The van der Waals surface area contributed by atoms with Crippen LogP contribution in [0.15, 0.2) is 42.5 Å². The maximum absolute atomic E-state index is 12.4. The van der Waals surface area contributed by atoms with E-state index in [4.69, 9.17) is 11.6 Å². The molecule has 1 N–H and O–H groups in total. The van der Waals surface area contributed by atoms with E-state index in [1.807, 2.05) is 30.3 Å². The second kappa shape index (κ2) is 7.62. The van der Waals surface area contributed by atoms with Gasteiger partial charge in [-0.25, -0.2) is 9.97 Å². The van der Waals surface area contributed by atoms with Gasteiger partial charge in [0.15, 0.2) is 0 Å². The van der Waals surface area contributed by atoms with Gasteiger partial charge < -0.3 is 5.32 Å². The van der Waals surface area contributed by atoms with Gasteiger partial charge in [-0.15, -0.1) is 0 Å². The Morgan fingerprint density at radius 2 is 1.60 bits per heavy atom. The molecule has 0 bridgehead atoms. The van der Waals surface area contributed by atoms with Gasteiger partial charge in [-0.05, 0) is 48.7 Å². The van der Waals surface area contributed by atoms with Crippen molar-refractivity contribution in [1.29, 1.82) is 0 Å². The van der Waals surface area contributed by atoms with E-state index in [0.717, 1.165) is 40.8 Å². The molecular formula is C20H20ClN3O. The minimum absolute atomic E-state index is 0.128. The minimum atomic E-state index is -0.128. The lowest BCUT2D eigenvalue weighted by Gasteiger charge is -2.09. The van der Waals surface area contributed by atoms with Crippen molar-refractivity contribution in [2.45, 2.75) is 33.2 Å². The molecule has 0 saturated heterocycles. The van der Waals surface area contributed by atoms with Crippen molar-refractivity contribution in [2.24, 2.45) is 0 Å². The fourth-order valence-electron chi connectivity index (χ4n) is 2.72. The van der Waals surface area contributed by atoms with Crippen molar-refractivity contribution in [2.75, 3.05) is 0 Å². The first kappa shape index (κ1) is 17.4. The van der Waals surface area contributed by atoms with E-state index in [2.05, 4.69) is 29.1 Å². The first-order valence-corrected chi connectivity index (χ1v) is 8.80. The maximum atomic E-state index is 12.4. The number of fused-ring (bicyclic) bond motifs is 1. The van der Waals surface area contributed by atoms with Crippen molar-refractivity contribution < 1.29 is 4.79 Å². The van der Waals surface area contributed by atoms with Crippen LogP contribution >= 0.6 is 11.6 Å². The normalized spacial score (nSPS) is 10.8. The van der Waals surface area contributed by atoms with Crippen LogP contribution in [0.1, 0.15) is 41.2 Å². The third-order valence-corrected chi connectivity index (χ3v) is 4.37. The number of rotatable bonds is 5. The van der Waals surface area contributed by atoms with E-state index in [-0.39, 0.29) is 5.91 Å². The first-order chi connectivity index (χ1) is 12.1. The monoisotopic (exact) mass is 353 g/mol. The van der Waals surface area contributed by atoms with Gasteiger partial charge in [-0.1, -0.05) is 37.6 Å². The number of hydrogen-bond acceptors (Lipinski definition) is 3. The lowest BCUT2D eigenvalue weighted by atomic mass is 10.1. The Morgan fingerprint density at radius 1 is 0.960 bits per heavy atom. The molecular weight excluding hydrogens is 334 g/mol. The molecule has 1 aromatic heterocycles. The van der Waals surface area contributed by atoms with Crippen LogP contribution in [0.2, 0.25) is 5.02 Å². The summed E-state index contributed by atoms with van der Waals surface area (Å²) in [5, 5.41) is 3.60. The van der Waals surface area contributed by atoms with E-state index < -0.39 is 0 Å². The lowest BCUT2D eigenvalue weighted by molar-refractivity contribution is 0.0951. The molecule has 1 amide bonds. The highest BCUT2D eigenvalue weighted by Crippen LogP contribution is 2.16. The number of carbonyl (C=O) groups excluding carboxylic acids is 1. The number of benzene rings is 2. The van der Waals surface area contributed by atoms with Crippen LogP contribution in [0.3, 0.4) is 0 Å². The molecule has 25 heavy (non-hydrogen) atoms. The smallest absolute Gasteiger partial charge is 0.251 e. The third-order valence-electron chi connectivity index (χ3n) is 4.12. The summed E-state index contributed by atoms with van der Waals surface area (Å²) in [5.41, 5.74) is 5.18. The van der Waals surface area contributed by atoms with Gasteiger partial charge in [0, 0.05) is 17.1 Å². The Kier molecular flexibility index (Phi) is 5.29. The molecule has 3 rings (SSSR count). The molecule has 0 aliphatic carbocycles. The molecule has 0 spiro atoms. The number of aromatic nitrogens is 2. The zero-order valence-corrected chi connectivity index (χ0v) is 15.1. The summed E-state index contributed by atoms with van der Waals surface area (Å²) in [6.45, 7) is 4.60. The van der Waals surface area contributed by atoms with Crippen LogP contribution in [0, 0.1) is 0 Å². The number of carbonyl (C=O) groups is 1. The Morgan fingerprint density at radius 3 is 2.24 bits per heavy atom. The molecule has 0 radical (unpaired) electrons. The Hall–Kier alpha value is -2.46. The second-order valence-corrected chi connectivity index (χ2v) is 6.27. The average Bonchev–Trinajstić information content (AvgIpc) is 2.65. The zero-order chi connectivity index (χ0) is 17.8. The fraction of sp³-hybridized carbons (Fsp3) is 0.250. The highest BCUT2D eigenvalue weighted by molar-refractivity contribution is 6.30. The van der Waals surface area contributed by atoms with Gasteiger partial charge in [-0.2, -0.15) is 0 Å². The summed E-state index contributed by atoms with van der Waals surface area (Å²) in [5.74, 6) is -0.128. The molecule has 0 aliphatic rings. The van der Waals surface area contributed by atoms with Crippen molar-refractivity contribution in [3.05, 3.63) is 70.0 Å². The van der Waals surface area contributed by atoms with Crippen LogP contribution in [-0.2, 0) is 19.4 Å². The molecule has 0 fully saturated rings. The number of aryl methyl sites for hydroxylation is 2. The highest BCUT2D eigenvalue weighted by Gasteiger charge is 2.10. The molecule has 0 aliphatic heterocycles. The Balaban J connectivity index is 1.80. The summed E-state index contributed by atoms with van der Waals surface area (Å²) in [6, 6.07) is 12.9. The number of nitrogens with one attached hydrogen (secondary N) is 1. The fourth-order valence-corrected chi connectivity index (χ4v) is 2.85. The number of nitrogens with zero attached hydrogens (tertiary/aromatic N) is 2. The van der Waals surface area contributed by atoms with Crippen molar-refractivity contribution in [3.8, 4) is 0 Å². The van der Waals surface area contributed by atoms with Crippen LogP contribution in [-0.4, -0.2) is 15.9 Å². The van der Waals surface area contributed by atoms with Gasteiger partial charge >= 0.3 is 0 Å². The van der Waals surface area contributed by atoms with Crippen LogP contribution in [0.25, 0.3) is 11.0 Å². The highest BCUT2D eigenvalue weighted by atomic mass is 35.5. The molecule has 3 aromatic rings. The van der Waals surface area contributed by atoms with E-state index in [9.17, 15) is 4.79 Å². The molecule has 4 nitrogen and oxygen atoms in total. The second-order valence-electron chi connectivity index (χ2n) is 5.84. The van der Waals surface area contributed by atoms with E-state index in [1.54, 1.807) is 12.1 Å². The Bertz CT molecular complexity index is 907. The summed E-state index contributed by atoms with van der Waals surface area (Å²) in [7, 11) is 0. The summed E-state index contributed by atoms with van der Waals surface area (Å²) >= 11 is 5.87. The summed E-state index contributed by atoms with van der Waals surface area (Å²) in [6.07, 6.45) is 1.69. The molecule has 5 heteroatoms. The van der Waals surface area contributed by atoms with Crippen LogP contribution < -0.4 is 5.32 Å². The molecule has 1 heterocycles. The summed E-state index contributed by atoms with van der Waals surface area (Å²) in [4.78, 5) is 21.8. The molecule has 0 saturated carbocycles. The van der Waals surface area contributed by atoms with Gasteiger partial charge in [-0.3, -0.25) is 4.79 Å². The SMILES string of the molecule is CCc1nc2ccc(C(=O)NCc3ccc(Cl)cc3)cc2nc1CC. The minimum Gasteiger partial charge on any atom is -0.348 e. The first-order valence-electron chi connectivity index (χ1n) is 8.43. The predicted octanol–water partition coefficient (Wildman–Crippen LogP) is 4.34. The van der Waals surface area contributed by atoms with Gasteiger partial charge in [0.25, 0.3) is 5.91 Å². The Labute approximate surface area is 152 Å². The van der Waals surface area contributed by atoms with Gasteiger partial charge in [0.05, 0.1) is 22.4 Å². The maximum Gasteiger partial charge on any atom is 0.251 e. The van der Waals surface area contributed by atoms with E-state index in [0.29, 0.717) is 17.1 Å². The quantitative estimate of drug-likeness (QED) is 0.742. The number of hydrogen-bond donors (Lipinski definition) is 1. The standard InChI is InChI=1S/C20H20ClN3O/c1-3-16-17(4-2)24-19-11-14(7-10-18(19)23-16)20(25)22-12-13-5-8-15(21)9-6-13/h5-11H,3-4,12H2,1-2H3,(H,22,25). The average molecular weight is 354 g/mol. The van der Waals surface area contributed by atoms with Crippen molar-refractivity contribution in [1.82, 2.24) is 15.3 Å². The van der Waals surface area contributed by atoms with Crippen LogP contribution in [0.5, 0.6) is 0 Å². The van der Waals surface area contributed by atoms with Crippen LogP contribution in [0.4, 0.5) is 0 Å². The predicted molar refractivity (Wildman–Crippen MR) is 101 cm³/mol. The van der Waals surface area contributed by atoms with Crippen molar-refractivity contribution in [3.63, 3.8) is 0 Å². The molecule has 2 aromatic carbocycles. The largest absolute Gasteiger partial charge is 0.348 e. The number of halogens is 1. The molecule has 128 valence electrons.